The number of carbonyl (C=O) groups excluding carboxylic acids is 3. The Bertz CT molecular complexity index is 723. The second-order valence-electron chi connectivity index (χ2n) is 7.72. The average molecular weight is 376 g/mol. The lowest BCUT2D eigenvalue weighted by molar-refractivity contribution is -0.136. The van der Waals surface area contributed by atoms with Crippen LogP contribution in [0.15, 0.2) is 6.07 Å². The molecule has 3 rings (SSSR count). The SMILES string of the molecule is Cc1cc(NC(=O)C(=O)NC2CCCC2)n(C2NC(=O)CC(C(C)C)N2)n1. The summed E-state index contributed by atoms with van der Waals surface area (Å²) in [4.78, 5) is 36.5. The maximum absolute atomic E-state index is 12.3. The number of nitrogens with one attached hydrogen (secondary N) is 4. The number of carbonyl (C=O) groups is 3. The molecule has 2 heterocycles. The van der Waals surface area contributed by atoms with E-state index in [2.05, 4.69) is 26.4 Å². The van der Waals surface area contributed by atoms with Crippen molar-refractivity contribution in [3.8, 4) is 0 Å². The second-order valence-corrected chi connectivity index (χ2v) is 7.72. The van der Waals surface area contributed by atoms with Crippen LogP contribution in [0.25, 0.3) is 0 Å². The van der Waals surface area contributed by atoms with Gasteiger partial charge in [-0.3, -0.25) is 19.7 Å². The van der Waals surface area contributed by atoms with Crippen molar-refractivity contribution in [1.29, 1.82) is 0 Å². The van der Waals surface area contributed by atoms with Crippen molar-refractivity contribution in [1.82, 2.24) is 25.7 Å². The van der Waals surface area contributed by atoms with Gasteiger partial charge in [-0.15, -0.1) is 0 Å². The van der Waals surface area contributed by atoms with Crippen molar-refractivity contribution in [2.24, 2.45) is 5.92 Å². The van der Waals surface area contributed by atoms with Gasteiger partial charge in [0.2, 0.25) is 5.91 Å². The topological polar surface area (TPSA) is 117 Å². The first kappa shape index (κ1) is 19.3. The van der Waals surface area contributed by atoms with Crippen LogP contribution in [0.1, 0.15) is 57.9 Å². The molecule has 4 N–H and O–H groups in total. The van der Waals surface area contributed by atoms with Gasteiger partial charge in [0.15, 0.2) is 6.29 Å². The van der Waals surface area contributed by atoms with Crippen LogP contribution in [0.4, 0.5) is 5.82 Å². The molecule has 0 bridgehead atoms. The van der Waals surface area contributed by atoms with Crippen molar-refractivity contribution in [2.75, 3.05) is 5.32 Å². The summed E-state index contributed by atoms with van der Waals surface area (Å²) in [5.74, 6) is -0.827. The van der Waals surface area contributed by atoms with Gasteiger partial charge >= 0.3 is 11.8 Å². The highest BCUT2D eigenvalue weighted by atomic mass is 16.2. The third-order valence-electron chi connectivity index (χ3n) is 5.12. The first-order chi connectivity index (χ1) is 12.8. The summed E-state index contributed by atoms with van der Waals surface area (Å²) < 4.78 is 1.50. The lowest BCUT2D eigenvalue weighted by atomic mass is 9.99. The van der Waals surface area contributed by atoms with Crippen molar-refractivity contribution in [3.63, 3.8) is 0 Å². The first-order valence-corrected chi connectivity index (χ1v) is 9.57. The van der Waals surface area contributed by atoms with Crippen LogP contribution in [0.3, 0.4) is 0 Å². The maximum Gasteiger partial charge on any atom is 0.314 e. The zero-order chi connectivity index (χ0) is 19.6. The summed E-state index contributed by atoms with van der Waals surface area (Å²) in [7, 11) is 0. The molecule has 2 fully saturated rings. The lowest BCUT2D eigenvalue weighted by Crippen LogP contribution is -2.55. The molecule has 9 nitrogen and oxygen atoms in total. The first-order valence-electron chi connectivity index (χ1n) is 9.57. The summed E-state index contributed by atoms with van der Waals surface area (Å²) in [5.41, 5.74) is 0.671. The zero-order valence-corrected chi connectivity index (χ0v) is 16.0. The lowest BCUT2D eigenvalue weighted by Gasteiger charge is -2.34. The number of amides is 3. The molecule has 1 aromatic heterocycles. The maximum atomic E-state index is 12.3. The van der Waals surface area contributed by atoms with Crippen LogP contribution in [-0.4, -0.2) is 39.6 Å². The zero-order valence-electron chi connectivity index (χ0n) is 16.0. The van der Waals surface area contributed by atoms with Gasteiger partial charge in [0, 0.05) is 24.6 Å². The van der Waals surface area contributed by atoms with E-state index in [0.29, 0.717) is 17.9 Å². The predicted octanol–water partition coefficient (Wildman–Crippen LogP) is 0.779. The Hall–Kier alpha value is -2.42. The number of nitrogens with zero attached hydrogens (tertiary/aromatic N) is 2. The van der Waals surface area contributed by atoms with Crippen molar-refractivity contribution < 1.29 is 14.4 Å². The van der Waals surface area contributed by atoms with Gasteiger partial charge in [0.1, 0.15) is 5.82 Å². The fourth-order valence-electron chi connectivity index (χ4n) is 3.58. The summed E-state index contributed by atoms with van der Waals surface area (Å²) in [6.45, 7) is 5.87. The molecular formula is C18H28N6O3. The molecule has 2 unspecified atom stereocenters. The molecule has 1 aliphatic carbocycles. The predicted molar refractivity (Wildman–Crippen MR) is 99.6 cm³/mol. The molecule has 2 aliphatic rings. The van der Waals surface area contributed by atoms with Crippen molar-refractivity contribution in [2.45, 2.75) is 71.2 Å². The van der Waals surface area contributed by atoms with Crippen molar-refractivity contribution >= 4 is 23.5 Å². The van der Waals surface area contributed by atoms with Crippen molar-refractivity contribution in [3.05, 3.63) is 11.8 Å². The van der Waals surface area contributed by atoms with Gasteiger partial charge in [0.25, 0.3) is 0 Å². The fourth-order valence-corrected chi connectivity index (χ4v) is 3.58. The monoisotopic (exact) mass is 376 g/mol. The van der Waals surface area contributed by atoms with E-state index in [1.165, 1.54) is 4.68 Å². The van der Waals surface area contributed by atoms with Crippen LogP contribution >= 0.6 is 0 Å². The number of aromatic nitrogens is 2. The minimum Gasteiger partial charge on any atom is -0.345 e. The number of hydrogen-bond donors (Lipinski definition) is 4. The summed E-state index contributed by atoms with van der Waals surface area (Å²) >= 11 is 0. The summed E-state index contributed by atoms with van der Waals surface area (Å²) in [5, 5.41) is 15.9. The van der Waals surface area contributed by atoms with Gasteiger partial charge in [-0.2, -0.15) is 5.10 Å². The van der Waals surface area contributed by atoms with E-state index in [4.69, 9.17) is 0 Å². The third kappa shape index (κ3) is 4.65. The van der Waals surface area contributed by atoms with E-state index in [9.17, 15) is 14.4 Å². The highest BCUT2D eigenvalue weighted by Crippen LogP contribution is 2.20. The van der Waals surface area contributed by atoms with E-state index in [1.807, 2.05) is 13.8 Å². The van der Waals surface area contributed by atoms with Gasteiger partial charge in [-0.1, -0.05) is 26.7 Å². The van der Waals surface area contributed by atoms with Gasteiger partial charge in [0.05, 0.1) is 5.69 Å². The molecule has 1 aromatic rings. The quantitative estimate of drug-likeness (QED) is 0.579. The third-order valence-corrected chi connectivity index (χ3v) is 5.12. The number of anilines is 1. The molecule has 148 valence electrons. The molecule has 0 radical (unpaired) electrons. The molecule has 3 amide bonds. The highest BCUT2D eigenvalue weighted by Gasteiger charge is 2.31. The summed E-state index contributed by atoms with van der Waals surface area (Å²) in [6, 6.07) is 1.75. The van der Waals surface area contributed by atoms with E-state index in [0.717, 1.165) is 25.7 Å². The summed E-state index contributed by atoms with van der Waals surface area (Å²) in [6.07, 6.45) is 3.76. The van der Waals surface area contributed by atoms with Crippen LogP contribution in [0.2, 0.25) is 0 Å². The Morgan fingerprint density at radius 3 is 2.63 bits per heavy atom. The van der Waals surface area contributed by atoms with E-state index in [1.54, 1.807) is 13.0 Å². The Morgan fingerprint density at radius 1 is 1.26 bits per heavy atom. The molecule has 0 spiro atoms. The van der Waals surface area contributed by atoms with Crippen LogP contribution in [0.5, 0.6) is 0 Å². The fraction of sp³-hybridized carbons (Fsp3) is 0.667. The van der Waals surface area contributed by atoms with E-state index < -0.39 is 18.1 Å². The van der Waals surface area contributed by atoms with Crippen LogP contribution < -0.4 is 21.3 Å². The number of aryl methyl sites for hydroxylation is 1. The molecular weight excluding hydrogens is 348 g/mol. The number of rotatable bonds is 4. The molecule has 9 heteroatoms. The van der Waals surface area contributed by atoms with Gasteiger partial charge in [-0.05, 0) is 25.7 Å². The molecule has 27 heavy (non-hydrogen) atoms. The Morgan fingerprint density at radius 2 is 1.96 bits per heavy atom. The Kier molecular flexibility index (Phi) is 5.79. The van der Waals surface area contributed by atoms with Crippen LogP contribution in [-0.2, 0) is 14.4 Å². The normalized spacial score (nSPS) is 23.3. The second kappa shape index (κ2) is 8.08. The number of hydrogen-bond acceptors (Lipinski definition) is 5. The molecule has 1 aliphatic heterocycles. The molecule has 0 aromatic carbocycles. The molecule has 1 saturated heterocycles. The standard InChI is InChI=1S/C18H28N6O3/c1-10(2)13-9-15(25)22-18(20-13)24-14(8-11(3)23-24)21-17(27)16(26)19-12-6-4-5-7-12/h8,10,12-13,18,20H,4-7,9H2,1-3H3,(H,19,26)(H,21,27)(H,22,25). The van der Waals surface area contributed by atoms with Gasteiger partial charge in [-0.25, -0.2) is 4.68 Å². The van der Waals surface area contributed by atoms with Gasteiger partial charge < -0.3 is 16.0 Å². The van der Waals surface area contributed by atoms with E-state index >= 15 is 0 Å². The van der Waals surface area contributed by atoms with Crippen LogP contribution in [0, 0.1) is 12.8 Å². The minimum absolute atomic E-state index is 0.00229. The molecule has 1 saturated carbocycles. The largest absolute Gasteiger partial charge is 0.345 e. The Balaban J connectivity index is 1.70. The van der Waals surface area contributed by atoms with E-state index in [-0.39, 0.29) is 23.9 Å². The molecule has 2 atom stereocenters. The highest BCUT2D eigenvalue weighted by molar-refractivity contribution is 6.39. The average Bonchev–Trinajstić information content (AvgIpc) is 3.23. The Labute approximate surface area is 158 Å². The smallest absolute Gasteiger partial charge is 0.314 e. The minimum atomic E-state index is -0.731.